The number of nitrogens with zero attached hydrogens (tertiary/aromatic N) is 4. The van der Waals surface area contributed by atoms with E-state index in [2.05, 4.69) is 32.1 Å². The van der Waals surface area contributed by atoms with Crippen LogP contribution in [0.4, 0.5) is 10.6 Å². The lowest BCUT2D eigenvalue weighted by molar-refractivity contribution is -0.134. The molecule has 224 valence electrons. The molecule has 4 N–H and O–H groups in total. The van der Waals surface area contributed by atoms with Gasteiger partial charge in [-0.25, -0.2) is 19.7 Å². The molecular formula is C30H38N6O6. The molecule has 5 rings (SSSR count). The van der Waals surface area contributed by atoms with Gasteiger partial charge in [0.05, 0.1) is 12.9 Å². The fourth-order valence-corrected chi connectivity index (χ4v) is 4.95. The van der Waals surface area contributed by atoms with Crippen molar-refractivity contribution in [1.29, 1.82) is 0 Å². The summed E-state index contributed by atoms with van der Waals surface area (Å²) in [6.07, 6.45) is 4.91. The highest BCUT2D eigenvalue weighted by Gasteiger charge is 2.39. The van der Waals surface area contributed by atoms with E-state index < -0.39 is 24.6 Å². The van der Waals surface area contributed by atoms with Gasteiger partial charge in [-0.05, 0) is 44.1 Å². The number of aliphatic hydroxyl groups is 1. The van der Waals surface area contributed by atoms with Crippen LogP contribution in [0.2, 0.25) is 0 Å². The number of likely N-dealkylation sites (N-methyl/N-ethyl adjacent to an activating group) is 1. The molecule has 1 aliphatic carbocycles. The number of amides is 1. The fraction of sp³-hybridized carbons (Fsp3) is 0.500. The topological polar surface area (TPSA) is 164 Å². The summed E-state index contributed by atoms with van der Waals surface area (Å²) < 4.78 is 17.5. The van der Waals surface area contributed by atoms with Crippen LogP contribution in [0.5, 0.6) is 0 Å². The van der Waals surface area contributed by atoms with E-state index in [4.69, 9.17) is 19.9 Å². The smallest absolute Gasteiger partial charge is 0.434 e. The maximum atomic E-state index is 11.9. The number of aliphatic hydroxyl groups excluding tert-OH is 1. The lowest BCUT2D eigenvalue weighted by Crippen LogP contribution is -2.34. The van der Waals surface area contributed by atoms with Crippen molar-refractivity contribution >= 4 is 29.0 Å². The van der Waals surface area contributed by atoms with Gasteiger partial charge in [0.15, 0.2) is 17.7 Å². The van der Waals surface area contributed by atoms with Crippen LogP contribution in [-0.2, 0) is 25.6 Å². The molecule has 2 aromatic heterocycles. The minimum atomic E-state index is -0.869. The molecule has 3 heterocycles. The zero-order valence-corrected chi connectivity index (χ0v) is 24.0. The van der Waals surface area contributed by atoms with E-state index in [0.29, 0.717) is 30.2 Å². The van der Waals surface area contributed by atoms with Gasteiger partial charge in [0.2, 0.25) is 11.7 Å². The number of aromatic nitrogens is 4. The molecule has 12 nitrogen and oxygen atoms in total. The zero-order valence-electron chi connectivity index (χ0n) is 24.0. The number of imidazole rings is 1. The Balaban J connectivity index is 0.000000201. The number of nitrogens with two attached hydrogens (primary N) is 1. The maximum absolute atomic E-state index is 11.9. The number of carbonyl (C=O) groups is 2. The molecule has 1 saturated carbocycles. The van der Waals surface area contributed by atoms with Gasteiger partial charge in [0.1, 0.15) is 24.3 Å². The van der Waals surface area contributed by atoms with E-state index in [-0.39, 0.29) is 30.6 Å². The predicted octanol–water partition coefficient (Wildman–Crippen LogP) is 3.48. The van der Waals surface area contributed by atoms with Crippen molar-refractivity contribution in [3.8, 4) is 11.8 Å². The Kier molecular flexibility index (Phi) is 11.1. The summed E-state index contributed by atoms with van der Waals surface area (Å²) in [5.74, 6) is 6.19. The SMILES string of the molecule is CC#Cc1nc(N)c2ncn(C3OC(C(=O)NCC)C[C@@H]3O)c2n1.O=C(OCc1ccccc1)OCC1CCCCC1. The van der Waals surface area contributed by atoms with E-state index in [1.165, 1.54) is 38.4 Å². The second-order valence-corrected chi connectivity index (χ2v) is 10.2. The third kappa shape index (κ3) is 8.18. The third-order valence-electron chi connectivity index (χ3n) is 7.05. The summed E-state index contributed by atoms with van der Waals surface area (Å²) in [7, 11) is 0. The summed E-state index contributed by atoms with van der Waals surface area (Å²) >= 11 is 0. The van der Waals surface area contributed by atoms with Crippen molar-refractivity contribution in [1.82, 2.24) is 24.8 Å². The first-order valence-electron chi connectivity index (χ1n) is 14.3. The van der Waals surface area contributed by atoms with Gasteiger partial charge in [0, 0.05) is 13.0 Å². The molecule has 2 aliphatic rings. The van der Waals surface area contributed by atoms with E-state index in [0.717, 1.165) is 5.56 Å². The number of fused-ring (bicyclic) bond motifs is 1. The second kappa shape index (κ2) is 15.1. The standard InChI is InChI=1S/C15H18N6O3.C15H20O3/c1-3-5-10-19-12(16)11-13(20-10)21(7-18-11)15-8(22)6-9(24-15)14(23)17-4-2;16-15(17-11-13-7-3-1-4-8-13)18-12-14-9-5-2-6-10-14/h7-9,15,22H,4,6H2,1-2H3,(H,17,23)(H2,16,19,20);1,3-4,7-8,14H,2,5-6,9-12H2/t8-,9?,15?;/m0./s1. The third-order valence-corrected chi connectivity index (χ3v) is 7.05. The molecule has 1 aliphatic heterocycles. The van der Waals surface area contributed by atoms with E-state index in [1.807, 2.05) is 37.3 Å². The number of nitrogen functional groups attached to an aromatic ring is 1. The first-order chi connectivity index (χ1) is 20.4. The van der Waals surface area contributed by atoms with Crippen LogP contribution in [0.15, 0.2) is 36.7 Å². The van der Waals surface area contributed by atoms with Crippen LogP contribution < -0.4 is 11.1 Å². The van der Waals surface area contributed by atoms with Crippen molar-refractivity contribution in [2.24, 2.45) is 5.92 Å². The molecule has 1 saturated heterocycles. The highest BCUT2D eigenvalue weighted by Crippen LogP contribution is 2.32. The summed E-state index contributed by atoms with van der Waals surface area (Å²) in [6.45, 7) is 4.77. The Morgan fingerprint density at radius 3 is 2.64 bits per heavy atom. The quantitative estimate of drug-likeness (QED) is 0.279. The summed E-state index contributed by atoms with van der Waals surface area (Å²) in [5, 5.41) is 13.0. The van der Waals surface area contributed by atoms with E-state index in [9.17, 15) is 14.7 Å². The summed E-state index contributed by atoms with van der Waals surface area (Å²) in [6, 6.07) is 9.63. The number of hydrogen-bond donors (Lipinski definition) is 3. The Hall–Kier alpha value is -4.21. The monoisotopic (exact) mass is 578 g/mol. The molecule has 0 radical (unpaired) electrons. The largest absolute Gasteiger partial charge is 0.508 e. The summed E-state index contributed by atoms with van der Waals surface area (Å²) in [4.78, 5) is 35.9. The number of carbonyl (C=O) groups excluding carboxylic acids is 2. The van der Waals surface area contributed by atoms with Crippen LogP contribution in [-0.4, -0.2) is 62.0 Å². The van der Waals surface area contributed by atoms with Gasteiger partial charge in [-0.15, -0.1) is 0 Å². The number of nitrogens with one attached hydrogen (secondary N) is 1. The van der Waals surface area contributed by atoms with Gasteiger partial charge in [-0.3, -0.25) is 9.36 Å². The van der Waals surface area contributed by atoms with Crippen LogP contribution >= 0.6 is 0 Å². The van der Waals surface area contributed by atoms with Crippen LogP contribution in [0, 0.1) is 17.8 Å². The molecule has 12 heteroatoms. The number of ether oxygens (including phenoxy) is 3. The minimum absolute atomic E-state index is 0.193. The molecule has 3 aromatic rings. The molecule has 0 spiro atoms. The highest BCUT2D eigenvalue weighted by molar-refractivity contribution is 5.82. The Morgan fingerprint density at radius 2 is 1.93 bits per heavy atom. The first kappa shape index (κ1) is 30.7. The number of benzene rings is 1. The summed E-state index contributed by atoms with van der Waals surface area (Å²) in [5.41, 5.74) is 7.67. The van der Waals surface area contributed by atoms with E-state index >= 15 is 0 Å². The van der Waals surface area contributed by atoms with Crippen molar-refractivity contribution in [2.75, 3.05) is 18.9 Å². The molecule has 0 bridgehead atoms. The molecule has 3 atom stereocenters. The minimum Gasteiger partial charge on any atom is -0.434 e. The molecule has 1 amide bonds. The highest BCUT2D eigenvalue weighted by atomic mass is 16.7. The van der Waals surface area contributed by atoms with Crippen LogP contribution in [0.1, 0.15) is 70.0 Å². The zero-order chi connectivity index (χ0) is 29.9. The van der Waals surface area contributed by atoms with Crippen molar-refractivity contribution < 1.29 is 28.9 Å². The van der Waals surface area contributed by atoms with Gasteiger partial charge in [-0.1, -0.05) is 55.5 Å². The van der Waals surface area contributed by atoms with Gasteiger partial charge >= 0.3 is 6.16 Å². The van der Waals surface area contributed by atoms with Crippen molar-refractivity contribution in [3.63, 3.8) is 0 Å². The predicted molar refractivity (Wildman–Crippen MR) is 155 cm³/mol. The average Bonchev–Trinajstić information content (AvgIpc) is 3.60. The van der Waals surface area contributed by atoms with Crippen LogP contribution in [0.25, 0.3) is 11.2 Å². The molecule has 42 heavy (non-hydrogen) atoms. The van der Waals surface area contributed by atoms with Gasteiger partial charge in [0.25, 0.3) is 0 Å². The van der Waals surface area contributed by atoms with Crippen molar-refractivity contribution in [2.45, 2.75) is 77.4 Å². The molecule has 2 unspecified atom stereocenters. The maximum Gasteiger partial charge on any atom is 0.508 e. The van der Waals surface area contributed by atoms with Crippen LogP contribution in [0.3, 0.4) is 0 Å². The lowest BCUT2D eigenvalue weighted by atomic mass is 9.90. The number of rotatable bonds is 7. The molecule has 2 fully saturated rings. The Labute approximate surface area is 245 Å². The van der Waals surface area contributed by atoms with Crippen molar-refractivity contribution in [3.05, 3.63) is 48.0 Å². The van der Waals surface area contributed by atoms with Gasteiger partial charge in [-0.2, -0.15) is 0 Å². The number of anilines is 1. The Bertz CT molecular complexity index is 1400. The fourth-order valence-electron chi connectivity index (χ4n) is 4.95. The number of hydrogen-bond acceptors (Lipinski definition) is 10. The average molecular weight is 579 g/mol. The molecular weight excluding hydrogens is 540 g/mol. The normalized spacial score (nSPS) is 20.1. The first-order valence-corrected chi connectivity index (χ1v) is 14.3. The second-order valence-electron chi connectivity index (χ2n) is 10.2. The lowest BCUT2D eigenvalue weighted by Gasteiger charge is -2.20. The van der Waals surface area contributed by atoms with E-state index in [1.54, 1.807) is 11.5 Å². The Morgan fingerprint density at radius 1 is 1.17 bits per heavy atom. The molecule has 1 aromatic carbocycles. The van der Waals surface area contributed by atoms with Gasteiger partial charge < -0.3 is 30.4 Å².